The first-order chi connectivity index (χ1) is 16.7. The number of amides is 2. The third-order valence-electron chi connectivity index (χ3n) is 5.90. The smallest absolute Gasteiger partial charge is 0.416 e. The highest BCUT2D eigenvalue weighted by molar-refractivity contribution is 5.92. The second-order valence-electron chi connectivity index (χ2n) is 8.41. The lowest BCUT2D eigenvalue weighted by atomic mass is 10.0. The van der Waals surface area contributed by atoms with Gasteiger partial charge in [-0.3, -0.25) is 9.59 Å². The van der Waals surface area contributed by atoms with Crippen LogP contribution in [-0.2, 0) is 11.0 Å². The van der Waals surface area contributed by atoms with Gasteiger partial charge in [-0.05, 0) is 54.8 Å². The predicted octanol–water partition coefficient (Wildman–Crippen LogP) is 4.30. The second-order valence-corrected chi connectivity index (χ2v) is 8.41. The van der Waals surface area contributed by atoms with Gasteiger partial charge in [-0.15, -0.1) is 0 Å². The molecular weight excluding hydrogens is 461 g/mol. The molecule has 2 amide bonds. The first-order valence-corrected chi connectivity index (χ1v) is 11.1. The number of carbonyl (C=O) groups is 2. The van der Waals surface area contributed by atoms with Crippen molar-refractivity contribution in [3.63, 3.8) is 0 Å². The largest absolute Gasteiger partial charge is 0.494 e. The number of nitrogens with one attached hydrogen (secondary N) is 1. The highest BCUT2D eigenvalue weighted by atomic mass is 19.4. The number of halogens is 3. The molecule has 1 fully saturated rings. The van der Waals surface area contributed by atoms with Gasteiger partial charge in [-0.1, -0.05) is 18.2 Å². The molecule has 0 saturated carbocycles. The summed E-state index contributed by atoms with van der Waals surface area (Å²) in [6.45, 7) is 2.48. The molecule has 1 N–H and O–H groups in total. The van der Waals surface area contributed by atoms with Crippen molar-refractivity contribution in [2.75, 3.05) is 20.2 Å². The summed E-state index contributed by atoms with van der Waals surface area (Å²) in [7, 11) is 1.53. The van der Waals surface area contributed by atoms with E-state index < -0.39 is 23.7 Å². The van der Waals surface area contributed by atoms with E-state index in [4.69, 9.17) is 4.74 Å². The highest BCUT2D eigenvalue weighted by Gasteiger charge is 2.32. The number of hydrogen-bond acceptors (Lipinski definition) is 4. The lowest BCUT2D eigenvalue weighted by molar-refractivity contribution is -0.137. The van der Waals surface area contributed by atoms with E-state index >= 15 is 0 Å². The van der Waals surface area contributed by atoms with Crippen LogP contribution in [0.2, 0.25) is 0 Å². The lowest BCUT2D eigenvalue weighted by Gasteiger charge is -2.25. The van der Waals surface area contributed by atoms with E-state index in [0.29, 0.717) is 30.8 Å². The van der Waals surface area contributed by atoms with Crippen LogP contribution in [0.4, 0.5) is 13.2 Å². The summed E-state index contributed by atoms with van der Waals surface area (Å²) in [4.78, 5) is 26.8. The zero-order valence-corrected chi connectivity index (χ0v) is 19.3. The van der Waals surface area contributed by atoms with Gasteiger partial charge in [0.15, 0.2) is 5.69 Å². The van der Waals surface area contributed by atoms with Gasteiger partial charge in [0.1, 0.15) is 11.4 Å². The van der Waals surface area contributed by atoms with Crippen molar-refractivity contribution >= 4 is 11.8 Å². The van der Waals surface area contributed by atoms with Crippen molar-refractivity contribution in [1.82, 2.24) is 20.0 Å². The monoisotopic (exact) mass is 486 g/mol. The third kappa shape index (κ3) is 5.47. The Bertz CT molecular complexity index is 1240. The number of alkyl halides is 3. The molecule has 7 nitrogen and oxygen atoms in total. The number of rotatable bonds is 7. The minimum absolute atomic E-state index is 0.0678. The highest BCUT2D eigenvalue weighted by Crippen LogP contribution is 2.31. The number of likely N-dealkylation sites (tertiary alicyclic amines) is 1. The predicted molar refractivity (Wildman–Crippen MR) is 122 cm³/mol. The molecule has 1 saturated heterocycles. The molecule has 2 heterocycles. The standard InChI is InChI=1S/C25H25F3N4O3/c1-16-8-9-22(35-2)21(13-16)32-12-10-19(30-32)24(34)29-20(15-31-11-4-7-23(31)33)17-5-3-6-18(14-17)25(26,27)28/h3,5-6,8-10,12-14,20H,4,7,11,15H2,1-2H3,(H,29,34). The molecule has 0 aliphatic carbocycles. The molecule has 10 heteroatoms. The quantitative estimate of drug-likeness (QED) is 0.540. The number of carbonyl (C=O) groups excluding carboxylic acids is 2. The van der Waals surface area contributed by atoms with Crippen molar-refractivity contribution in [2.24, 2.45) is 0 Å². The van der Waals surface area contributed by atoms with Gasteiger partial charge in [0.2, 0.25) is 5.91 Å². The summed E-state index contributed by atoms with van der Waals surface area (Å²) in [6, 6.07) is 11.0. The molecular formula is C25H25F3N4O3. The number of nitrogens with zero attached hydrogens (tertiary/aromatic N) is 3. The molecule has 1 aliphatic rings. The molecule has 1 aromatic heterocycles. The number of ether oxygens (including phenoxy) is 1. The molecule has 2 aromatic carbocycles. The van der Waals surface area contributed by atoms with Crippen LogP contribution in [0.25, 0.3) is 5.69 Å². The number of methoxy groups -OCH3 is 1. The molecule has 0 spiro atoms. The van der Waals surface area contributed by atoms with Gasteiger partial charge >= 0.3 is 6.18 Å². The average molecular weight is 486 g/mol. The second kappa shape index (κ2) is 9.81. The van der Waals surface area contributed by atoms with Crippen LogP contribution >= 0.6 is 0 Å². The molecule has 0 radical (unpaired) electrons. The maximum atomic E-state index is 13.3. The van der Waals surface area contributed by atoms with Crippen molar-refractivity contribution < 1.29 is 27.5 Å². The Morgan fingerprint density at radius 3 is 2.69 bits per heavy atom. The minimum Gasteiger partial charge on any atom is -0.494 e. The average Bonchev–Trinajstić information content (AvgIpc) is 3.47. The fourth-order valence-electron chi connectivity index (χ4n) is 4.07. The van der Waals surface area contributed by atoms with E-state index in [1.54, 1.807) is 17.2 Å². The van der Waals surface area contributed by atoms with Crippen LogP contribution in [0.5, 0.6) is 5.75 Å². The van der Waals surface area contributed by atoms with Gasteiger partial charge in [-0.2, -0.15) is 18.3 Å². The van der Waals surface area contributed by atoms with E-state index in [2.05, 4.69) is 10.4 Å². The summed E-state index contributed by atoms with van der Waals surface area (Å²) in [6.07, 6.45) is -1.87. The molecule has 184 valence electrons. The third-order valence-corrected chi connectivity index (χ3v) is 5.90. The fourth-order valence-corrected chi connectivity index (χ4v) is 4.07. The summed E-state index contributed by atoms with van der Waals surface area (Å²) in [5.41, 5.74) is 1.13. The zero-order valence-electron chi connectivity index (χ0n) is 19.3. The van der Waals surface area contributed by atoms with Crippen LogP contribution in [0.3, 0.4) is 0 Å². The van der Waals surface area contributed by atoms with Gasteiger partial charge in [0, 0.05) is 25.7 Å². The molecule has 1 aliphatic heterocycles. The van der Waals surface area contributed by atoms with Crippen LogP contribution in [0, 0.1) is 6.92 Å². The fraction of sp³-hybridized carbons (Fsp3) is 0.320. The SMILES string of the molecule is COc1ccc(C)cc1-n1ccc(C(=O)NC(CN2CCCC2=O)c2cccc(C(F)(F)F)c2)n1. The van der Waals surface area contributed by atoms with Gasteiger partial charge in [-0.25, -0.2) is 4.68 Å². The normalized spacial score (nSPS) is 14.8. The van der Waals surface area contributed by atoms with Crippen LogP contribution in [0.15, 0.2) is 54.7 Å². The van der Waals surface area contributed by atoms with E-state index in [9.17, 15) is 22.8 Å². The van der Waals surface area contributed by atoms with Crippen LogP contribution in [0.1, 0.15) is 46.1 Å². The molecule has 1 atom stereocenters. The Labute approximate surface area is 200 Å². The van der Waals surface area contributed by atoms with Crippen LogP contribution < -0.4 is 10.1 Å². The zero-order chi connectivity index (χ0) is 25.2. The lowest BCUT2D eigenvalue weighted by Crippen LogP contribution is -2.39. The molecule has 1 unspecified atom stereocenters. The van der Waals surface area contributed by atoms with Crippen molar-refractivity contribution in [1.29, 1.82) is 0 Å². The Hall–Kier alpha value is -3.82. The number of aryl methyl sites for hydroxylation is 1. The van der Waals surface area contributed by atoms with Gasteiger partial charge in [0.05, 0.1) is 18.7 Å². The number of hydrogen-bond donors (Lipinski definition) is 1. The van der Waals surface area contributed by atoms with E-state index in [1.165, 1.54) is 30.0 Å². The maximum absolute atomic E-state index is 13.3. The maximum Gasteiger partial charge on any atom is 0.416 e. The summed E-state index contributed by atoms with van der Waals surface area (Å²) < 4.78 is 46.8. The summed E-state index contributed by atoms with van der Waals surface area (Å²) >= 11 is 0. The van der Waals surface area contributed by atoms with Crippen molar-refractivity contribution in [3.05, 3.63) is 77.1 Å². The number of benzene rings is 2. The molecule has 0 bridgehead atoms. The first-order valence-electron chi connectivity index (χ1n) is 11.1. The van der Waals surface area contributed by atoms with E-state index in [1.807, 2.05) is 19.1 Å². The molecule has 35 heavy (non-hydrogen) atoms. The molecule has 4 rings (SSSR count). The molecule has 3 aromatic rings. The Morgan fingerprint density at radius 2 is 2.00 bits per heavy atom. The summed E-state index contributed by atoms with van der Waals surface area (Å²) in [5.74, 6) is -0.0866. The van der Waals surface area contributed by atoms with Crippen molar-refractivity contribution in [3.8, 4) is 11.4 Å². The van der Waals surface area contributed by atoms with Crippen molar-refractivity contribution in [2.45, 2.75) is 32.0 Å². The Balaban J connectivity index is 1.61. The minimum atomic E-state index is -4.53. The van der Waals surface area contributed by atoms with Crippen LogP contribution in [-0.4, -0.2) is 46.7 Å². The summed E-state index contributed by atoms with van der Waals surface area (Å²) in [5, 5.41) is 7.12. The van der Waals surface area contributed by atoms with Gasteiger partial charge < -0.3 is 15.0 Å². The van der Waals surface area contributed by atoms with E-state index in [-0.39, 0.29) is 23.7 Å². The Morgan fingerprint density at radius 1 is 1.20 bits per heavy atom. The topological polar surface area (TPSA) is 76.5 Å². The Kier molecular flexibility index (Phi) is 6.81. The van der Waals surface area contributed by atoms with E-state index in [0.717, 1.165) is 17.7 Å². The van der Waals surface area contributed by atoms with Gasteiger partial charge in [0.25, 0.3) is 5.91 Å². The first kappa shape index (κ1) is 24.3. The number of aromatic nitrogens is 2.